The standard InChI is InChI=1S/C13H21NO4/c1-9(15)8-14(2)10-6-11(16-3)13(18-5)12(7-10)17-4/h6-7,9,15H,8H2,1-5H3. The molecule has 0 bridgehead atoms. The summed E-state index contributed by atoms with van der Waals surface area (Å²) in [5, 5.41) is 9.41. The molecule has 1 aromatic rings. The summed E-state index contributed by atoms with van der Waals surface area (Å²) in [4.78, 5) is 1.93. The quantitative estimate of drug-likeness (QED) is 0.835. The van der Waals surface area contributed by atoms with E-state index in [4.69, 9.17) is 14.2 Å². The number of ether oxygens (including phenoxy) is 3. The summed E-state index contributed by atoms with van der Waals surface area (Å²) < 4.78 is 15.8. The smallest absolute Gasteiger partial charge is 0.203 e. The first-order chi connectivity index (χ1) is 8.53. The van der Waals surface area contributed by atoms with Crippen molar-refractivity contribution < 1.29 is 19.3 Å². The van der Waals surface area contributed by atoms with E-state index in [0.717, 1.165) is 5.69 Å². The summed E-state index contributed by atoms with van der Waals surface area (Å²) in [5.41, 5.74) is 0.894. The van der Waals surface area contributed by atoms with E-state index in [2.05, 4.69) is 0 Å². The van der Waals surface area contributed by atoms with E-state index in [1.807, 2.05) is 24.1 Å². The maximum absolute atomic E-state index is 9.41. The number of aliphatic hydroxyl groups is 1. The Morgan fingerprint density at radius 1 is 1.11 bits per heavy atom. The monoisotopic (exact) mass is 255 g/mol. The van der Waals surface area contributed by atoms with Crippen molar-refractivity contribution in [2.75, 3.05) is 39.8 Å². The van der Waals surface area contributed by atoms with E-state index in [1.54, 1.807) is 28.3 Å². The molecule has 0 aliphatic heterocycles. The van der Waals surface area contributed by atoms with Crippen LogP contribution in [0, 0.1) is 0 Å². The molecule has 1 atom stereocenters. The van der Waals surface area contributed by atoms with Crippen molar-refractivity contribution in [2.24, 2.45) is 0 Å². The van der Waals surface area contributed by atoms with Gasteiger partial charge in [-0.1, -0.05) is 0 Å². The Morgan fingerprint density at radius 2 is 1.61 bits per heavy atom. The minimum absolute atomic E-state index is 0.408. The zero-order valence-electron chi connectivity index (χ0n) is 11.6. The summed E-state index contributed by atoms with van der Waals surface area (Å²) in [7, 11) is 6.62. The molecule has 0 spiro atoms. The first-order valence-corrected chi connectivity index (χ1v) is 5.72. The number of anilines is 1. The van der Waals surface area contributed by atoms with Crippen LogP contribution in [0.25, 0.3) is 0 Å². The lowest BCUT2D eigenvalue weighted by Gasteiger charge is -2.23. The Labute approximate surface area is 108 Å². The Hall–Kier alpha value is -1.62. The van der Waals surface area contributed by atoms with Gasteiger partial charge in [0.1, 0.15) is 0 Å². The SMILES string of the molecule is COc1cc(N(C)CC(C)O)cc(OC)c1OC. The van der Waals surface area contributed by atoms with Crippen molar-refractivity contribution in [2.45, 2.75) is 13.0 Å². The molecule has 1 aromatic carbocycles. The average Bonchev–Trinajstić information content (AvgIpc) is 2.35. The topological polar surface area (TPSA) is 51.2 Å². The van der Waals surface area contributed by atoms with Crippen LogP contribution in [0.3, 0.4) is 0 Å². The van der Waals surface area contributed by atoms with Crippen LogP contribution < -0.4 is 19.1 Å². The highest BCUT2D eigenvalue weighted by molar-refractivity contribution is 5.63. The number of rotatable bonds is 6. The second-order valence-electron chi connectivity index (χ2n) is 4.11. The van der Waals surface area contributed by atoms with Crippen LogP contribution in [0.1, 0.15) is 6.92 Å². The van der Waals surface area contributed by atoms with Crippen LogP contribution in [-0.4, -0.2) is 46.1 Å². The highest BCUT2D eigenvalue weighted by atomic mass is 16.5. The Balaban J connectivity index is 3.14. The molecule has 1 unspecified atom stereocenters. The van der Waals surface area contributed by atoms with Gasteiger partial charge in [-0.3, -0.25) is 0 Å². The predicted molar refractivity (Wildman–Crippen MR) is 71.0 cm³/mol. The molecule has 102 valence electrons. The molecule has 0 saturated heterocycles. The van der Waals surface area contributed by atoms with E-state index >= 15 is 0 Å². The predicted octanol–water partition coefficient (Wildman–Crippen LogP) is 1.53. The molecular weight excluding hydrogens is 234 g/mol. The highest BCUT2D eigenvalue weighted by Crippen LogP contribution is 2.40. The summed E-state index contributed by atoms with van der Waals surface area (Å²) in [5.74, 6) is 1.77. The van der Waals surface area contributed by atoms with Crippen LogP contribution in [-0.2, 0) is 0 Å². The fourth-order valence-electron chi connectivity index (χ4n) is 1.79. The van der Waals surface area contributed by atoms with Gasteiger partial charge in [0.05, 0.1) is 27.4 Å². The van der Waals surface area contributed by atoms with E-state index < -0.39 is 6.10 Å². The summed E-state index contributed by atoms with van der Waals surface area (Å²) in [6.45, 7) is 2.27. The number of likely N-dealkylation sites (N-methyl/N-ethyl adjacent to an activating group) is 1. The Morgan fingerprint density at radius 3 is 1.94 bits per heavy atom. The molecule has 0 aromatic heterocycles. The molecular formula is C13H21NO4. The molecule has 0 radical (unpaired) electrons. The number of methoxy groups -OCH3 is 3. The zero-order valence-corrected chi connectivity index (χ0v) is 11.6. The van der Waals surface area contributed by atoms with Gasteiger partial charge < -0.3 is 24.2 Å². The van der Waals surface area contributed by atoms with Crippen molar-refractivity contribution in [1.82, 2.24) is 0 Å². The van der Waals surface area contributed by atoms with E-state index in [9.17, 15) is 5.11 Å². The molecule has 1 N–H and O–H groups in total. The molecule has 0 heterocycles. The Bertz CT molecular complexity index is 368. The van der Waals surface area contributed by atoms with Crippen molar-refractivity contribution in [3.63, 3.8) is 0 Å². The van der Waals surface area contributed by atoms with Crippen molar-refractivity contribution >= 4 is 5.69 Å². The Kier molecular flexibility index (Phi) is 5.09. The molecule has 1 rings (SSSR count). The number of hydrogen-bond acceptors (Lipinski definition) is 5. The largest absolute Gasteiger partial charge is 0.493 e. The molecule has 0 amide bonds. The molecule has 0 aliphatic rings. The van der Waals surface area contributed by atoms with E-state index in [0.29, 0.717) is 23.8 Å². The highest BCUT2D eigenvalue weighted by Gasteiger charge is 2.15. The third-order valence-corrected chi connectivity index (χ3v) is 2.63. The van der Waals surface area contributed by atoms with Crippen LogP contribution in [0.4, 0.5) is 5.69 Å². The molecule has 18 heavy (non-hydrogen) atoms. The lowest BCUT2D eigenvalue weighted by atomic mass is 10.2. The van der Waals surface area contributed by atoms with Gasteiger partial charge >= 0.3 is 0 Å². The van der Waals surface area contributed by atoms with Gasteiger partial charge in [-0.2, -0.15) is 0 Å². The van der Waals surface area contributed by atoms with Crippen LogP contribution >= 0.6 is 0 Å². The molecule has 5 nitrogen and oxygen atoms in total. The molecule has 0 fully saturated rings. The minimum atomic E-state index is -0.408. The minimum Gasteiger partial charge on any atom is -0.493 e. The second-order valence-corrected chi connectivity index (χ2v) is 4.11. The van der Waals surface area contributed by atoms with E-state index in [-0.39, 0.29) is 0 Å². The first-order valence-electron chi connectivity index (χ1n) is 5.72. The van der Waals surface area contributed by atoms with Crippen molar-refractivity contribution in [3.8, 4) is 17.2 Å². The zero-order chi connectivity index (χ0) is 13.7. The summed E-state index contributed by atoms with van der Waals surface area (Å²) >= 11 is 0. The maximum atomic E-state index is 9.41. The first kappa shape index (κ1) is 14.4. The lowest BCUT2D eigenvalue weighted by Crippen LogP contribution is -2.26. The fraction of sp³-hybridized carbons (Fsp3) is 0.538. The maximum Gasteiger partial charge on any atom is 0.203 e. The van der Waals surface area contributed by atoms with Gasteiger partial charge in [-0.25, -0.2) is 0 Å². The molecule has 0 saturated carbocycles. The number of benzene rings is 1. The number of hydrogen-bond donors (Lipinski definition) is 1. The van der Waals surface area contributed by atoms with Gasteiger partial charge in [0.25, 0.3) is 0 Å². The number of aliphatic hydroxyl groups excluding tert-OH is 1. The van der Waals surface area contributed by atoms with Crippen molar-refractivity contribution in [1.29, 1.82) is 0 Å². The van der Waals surface area contributed by atoms with Crippen molar-refractivity contribution in [3.05, 3.63) is 12.1 Å². The normalized spacial score (nSPS) is 11.9. The third-order valence-electron chi connectivity index (χ3n) is 2.63. The second kappa shape index (κ2) is 6.35. The lowest BCUT2D eigenvalue weighted by molar-refractivity contribution is 0.201. The molecule has 0 aliphatic carbocycles. The van der Waals surface area contributed by atoms with Crippen LogP contribution in [0.5, 0.6) is 17.2 Å². The van der Waals surface area contributed by atoms with Gasteiger partial charge in [0, 0.05) is 31.4 Å². The fourth-order valence-corrected chi connectivity index (χ4v) is 1.79. The van der Waals surface area contributed by atoms with Gasteiger partial charge in [-0.15, -0.1) is 0 Å². The van der Waals surface area contributed by atoms with E-state index in [1.165, 1.54) is 0 Å². The number of nitrogens with zero attached hydrogens (tertiary/aromatic N) is 1. The van der Waals surface area contributed by atoms with Gasteiger partial charge in [0.15, 0.2) is 11.5 Å². The third kappa shape index (κ3) is 3.20. The van der Waals surface area contributed by atoms with Gasteiger partial charge in [0.2, 0.25) is 5.75 Å². The van der Waals surface area contributed by atoms with Crippen LogP contribution in [0.2, 0.25) is 0 Å². The summed E-state index contributed by atoms with van der Waals surface area (Å²) in [6, 6.07) is 3.70. The molecule has 5 heteroatoms. The summed E-state index contributed by atoms with van der Waals surface area (Å²) in [6.07, 6.45) is -0.408. The van der Waals surface area contributed by atoms with Gasteiger partial charge in [-0.05, 0) is 6.92 Å². The average molecular weight is 255 g/mol. The van der Waals surface area contributed by atoms with Crippen LogP contribution in [0.15, 0.2) is 12.1 Å².